The first-order chi connectivity index (χ1) is 9.16. The molecule has 19 heavy (non-hydrogen) atoms. The van der Waals surface area contributed by atoms with Gasteiger partial charge in [-0.2, -0.15) is 5.10 Å². The first kappa shape index (κ1) is 12.2. The molecule has 100 valence electrons. The molecule has 2 atom stereocenters. The highest BCUT2D eigenvalue weighted by molar-refractivity contribution is 6.53. The van der Waals surface area contributed by atoms with Crippen LogP contribution in [0.4, 0.5) is 5.69 Å². The van der Waals surface area contributed by atoms with Gasteiger partial charge in [0.05, 0.1) is 5.69 Å². The summed E-state index contributed by atoms with van der Waals surface area (Å²) in [5.74, 6) is -0.0915. The van der Waals surface area contributed by atoms with Crippen molar-refractivity contribution in [3.05, 3.63) is 29.8 Å². The van der Waals surface area contributed by atoms with E-state index in [4.69, 9.17) is 0 Å². The van der Waals surface area contributed by atoms with Crippen LogP contribution in [0.25, 0.3) is 0 Å². The molecule has 1 saturated heterocycles. The van der Waals surface area contributed by atoms with Crippen molar-refractivity contribution >= 4 is 17.3 Å². The van der Waals surface area contributed by atoms with Crippen LogP contribution in [0.2, 0.25) is 0 Å². The number of nitrogens with one attached hydrogen (secondary N) is 1. The Bertz CT molecular complexity index is 528. The van der Waals surface area contributed by atoms with E-state index in [2.05, 4.69) is 29.3 Å². The summed E-state index contributed by atoms with van der Waals surface area (Å²) in [6.07, 6.45) is 3.53. The van der Waals surface area contributed by atoms with E-state index in [0.717, 1.165) is 24.1 Å². The van der Waals surface area contributed by atoms with Crippen molar-refractivity contribution in [2.45, 2.75) is 45.2 Å². The zero-order valence-corrected chi connectivity index (χ0v) is 11.4. The molecule has 4 nitrogen and oxygen atoms in total. The minimum atomic E-state index is -0.0915. The Morgan fingerprint density at radius 3 is 2.63 bits per heavy atom. The number of hydrogen-bond donors (Lipinski definition) is 1. The summed E-state index contributed by atoms with van der Waals surface area (Å²) in [6, 6.07) is 8.53. The maximum Gasteiger partial charge on any atom is 0.276 e. The molecular formula is C15H19N3O. The summed E-state index contributed by atoms with van der Waals surface area (Å²) in [5.41, 5.74) is 2.33. The highest BCUT2D eigenvalue weighted by Gasteiger charge is 2.29. The summed E-state index contributed by atoms with van der Waals surface area (Å²) < 4.78 is 0. The Labute approximate surface area is 113 Å². The van der Waals surface area contributed by atoms with E-state index in [1.807, 2.05) is 24.3 Å². The maximum atomic E-state index is 12.0. The van der Waals surface area contributed by atoms with E-state index in [1.54, 1.807) is 0 Å². The topological polar surface area (TPSA) is 44.7 Å². The fourth-order valence-electron chi connectivity index (χ4n) is 2.92. The van der Waals surface area contributed by atoms with E-state index in [1.165, 1.54) is 6.42 Å². The Kier molecular flexibility index (Phi) is 3.01. The Balaban J connectivity index is 1.97. The van der Waals surface area contributed by atoms with Crippen LogP contribution >= 0.6 is 0 Å². The van der Waals surface area contributed by atoms with Gasteiger partial charge < -0.3 is 5.32 Å². The first-order valence-electron chi connectivity index (χ1n) is 6.94. The normalized spacial score (nSPS) is 28.4. The van der Waals surface area contributed by atoms with Crippen molar-refractivity contribution in [2.24, 2.45) is 5.10 Å². The second-order valence-corrected chi connectivity index (χ2v) is 5.46. The van der Waals surface area contributed by atoms with Crippen molar-refractivity contribution in [1.29, 1.82) is 0 Å². The van der Waals surface area contributed by atoms with E-state index in [9.17, 15) is 4.79 Å². The summed E-state index contributed by atoms with van der Waals surface area (Å²) in [4.78, 5) is 12.0. The van der Waals surface area contributed by atoms with Gasteiger partial charge in [-0.3, -0.25) is 9.80 Å². The summed E-state index contributed by atoms with van der Waals surface area (Å²) >= 11 is 0. The molecular weight excluding hydrogens is 238 g/mol. The van der Waals surface area contributed by atoms with E-state index in [0.29, 0.717) is 17.8 Å². The van der Waals surface area contributed by atoms with E-state index >= 15 is 0 Å². The largest absolute Gasteiger partial charge is 0.320 e. The number of piperidine rings is 1. The highest BCUT2D eigenvalue weighted by atomic mass is 16.2. The standard InChI is InChI=1S/C15H19N3O/c1-10-6-5-7-11(2)18(10)17-14-12-8-3-4-9-13(12)16-15(14)19/h3-4,8-11H,5-7H2,1-2H3,(H,16,17,19). The second-order valence-electron chi connectivity index (χ2n) is 5.46. The third-order valence-electron chi connectivity index (χ3n) is 4.01. The van der Waals surface area contributed by atoms with Crippen molar-refractivity contribution in [3.8, 4) is 0 Å². The number of nitrogens with zero attached hydrogens (tertiary/aromatic N) is 2. The van der Waals surface area contributed by atoms with Crippen LogP contribution < -0.4 is 5.32 Å². The SMILES string of the molecule is CC1CCCC(C)N1/N=C1\C(=O)Nc2ccccc21. The van der Waals surface area contributed by atoms with Crippen LogP contribution in [0.3, 0.4) is 0 Å². The van der Waals surface area contributed by atoms with Gasteiger partial charge in [-0.1, -0.05) is 18.2 Å². The average molecular weight is 257 g/mol. The quantitative estimate of drug-likeness (QED) is 0.840. The third-order valence-corrected chi connectivity index (χ3v) is 4.01. The molecule has 1 fully saturated rings. The number of fused-ring (bicyclic) bond motifs is 1. The summed E-state index contributed by atoms with van der Waals surface area (Å²) in [7, 11) is 0. The van der Waals surface area contributed by atoms with Gasteiger partial charge in [0.2, 0.25) is 0 Å². The molecule has 1 aromatic rings. The van der Waals surface area contributed by atoms with Crippen molar-refractivity contribution < 1.29 is 4.79 Å². The minimum absolute atomic E-state index is 0.0915. The van der Waals surface area contributed by atoms with Gasteiger partial charge >= 0.3 is 0 Å². The molecule has 1 amide bonds. The maximum absolute atomic E-state index is 12.0. The molecule has 0 bridgehead atoms. The predicted molar refractivity (Wildman–Crippen MR) is 76.2 cm³/mol. The lowest BCUT2D eigenvalue weighted by Crippen LogP contribution is -2.41. The van der Waals surface area contributed by atoms with Gasteiger partial charge in [0.25, 0.3) is 5.91 Å². The lowest BCUT2D eigenvalue weighted by Gasteiger charge is -2.36. The number of hydrogen-bond acceptors (Lipinski definition) is 3. The van der Waals surface area contributed by atoms with Gasteiger partial charge in [-0.05, 0) is 39.2 Å². The molecule has 0 radical (unpaired) electrons. The van der Waals surface area contributed by atoms with Crippen molar-refractivity contribution in [3.63, 3.8) is 0 Å². The number of benzene rings is 1. The van der Waals surface area contributed by atoms with Crippen molar-refractivity contribution in [2.75, 3.05) is 5.32 Å². The number of amides is 1. The predicted octanol–water partition coefficient (Wildman–Crippen LogP) is 2.61. The fraction of sp³-hybridized carbons (Fsp3) is 0.467. The third kappa shape index (κ3) is 2.11. The monoisotopic (exact) mass is 257 g/mol. The smallest absolute Gasteiger partial charge is 0.276 e. The zero-order valence-electron chi connectivity index (χ0n) is 11.4. The number of anilines is 1. The fourth-order valence-corrected chi connectivity index (χ4v) is 2.92. The summed E-state index contributed by atoms with van der Waals surface area (Å²) in [5, 5.41) is 9.63. The number of hydrazone groups is 1. The Morgan fingerprint density at radius 1 is 1.21 bits per heavy atom. The number of rotatable bonds is 1. The van der Waals surface area contributed by atoms with Crippen LogP contribution in [-0.2, 0) is 4.79 Å². The lowest BCUT2D eigenvalue weighted by molar-refractivity contribution is -0.110. The molecule has 3 rings (SSSR count). The second kappa shape index (κ2) is 4.68. The molecule has 1 N–H and O–H groups in total. The van der Waals surface area contributed by atoms with Gasteiger partial charge in [0.15, 0.2) is 5.71 Å². The molecule has 0 aromatic heterocycles. The van der Waals surface area contributed by atoms with Crippen molar-refractivity contribution in [1.82, 2.24) is 5.01 Å². The lowest BCUT2D eigenvalue weighted by atomic mass is 10.00. The van der Waals surface area contributed by atoms with E-state index < -0.39 is 0 Å². The molecule has 2 aliphatic rings. The van der Waals surface area contributed by atoms with Gasteiger partial charge in [0, 0.05) is 17.6 Å². The van der Waals surface area contributed by atoms with Gasteiger partial charge in [0.1, 0.15) is 0 Å². The number of para-hydroxylation sites is 1. The number of carbonyl (C=O) groups is 1. The first-order valence-corrected chi connectivity index (χ1v) is 6.94. The minimum Gasteiger partial charge on any atom is -0.320 e. The van der Waals surface area contributed by atoms with Gasteiger partial charge in [-0.25, -0.2) is 0 Å². The van der Waals surface area contributed by atoms with Crippen LogP contribution in [0.5, 0.6) is 0 Å². The summed E-state index contributed by atoms with van der Waals surface area (Å²) in [6.45, 7) is 4.36. The molecule has 2 unspecified atom stereocenters. The molecule has 2 aliphatic heterocycles. The zero-order chi connectivity index (χ0) is 13.4. The molecule has 4 heteroatoms. The van der Waals surface area contributed by atoms with Gasteiger partial charge in [-0.15, -0.1) is 0 Å². The molecule has 0 saturated carbocycles. The highest BCUT2D eigenvalue weighted by Crippen LogP contribution is 2.27. The van der Waals surface area contributed by atoms with E-state index in [-0.39, 0.29) is 5.91 Å². The Hall–Kier alpha value is -1.84. The van der Waals surface area contributed by atoms with Crippen LogP contribution in [-0.4, -0.2) is 28.7 Å². The molecule has 2 heterocycles. The molecule has 0 aliphatic carbocycles. The van der Waals surface area contributed by atoms with Crippen LogP contribution in [0, 0.1) is 0 Å². The number of carbonyl (C=O) groups excluding carboxylic acids is 1. The molecule has 1 aromatic carbocycles. The van der Waals surface area contributed by atoms with Crippen LogP contribution in [0.1, 0.15) is 38.7 Å². The average Bonchev–Trinajstić information content (AvgIpc) is 2.70. The Morgan fingerprint density at radius 2 is 1.89 bits per heavy atom. The van der Waals surface area contributed by atoms with Crippen LogP contribution in [0.15, 0.2) is 29.4 Å². The molecule has 0 spiro atoms.